The normalized spacial score (nSPS) is 9.44. The van der Waals surface area contributed by atoms with Gasteiger partial charge in [-0.1, -0.05) is 0 Å². The van der Waals surface area contributed by atoms with Gasteiger partial charge in [0.05, 0.1) is 12.9 Å². The van der Waals surface area contributed by atoms with Crippen LogP contribution in [0.3, 0.4) is 0 Å². The number of aromatic amines is 1. The smallest absolute Gasteiger partial charge is 0.256 e. The zero-order valence-electron chi connectivity index (χ0n) is 5.22. The summed E-state index contributed by atoms with van der Waals surface area (Å²) in [6.07, 6.45) is 1.50. The highest BCUT2D eigenvalue weighted by atomic mass is 16.5. The fourth-order valence-corrected chi connectivity index (χ4v) is 0.543. The molecule has 0 unspecified atom stereocenters. The molecule has 0 fully saturated rings. The number of nitrogens with two attached hydrogens (primary N) is 1. The summed E-state index contributed by atoms with van der Waals surface area (Å²) in [7, 11) is 0. The molecule has 1 heterocycles. The summed E-state index contributed by atoms with van der Waals surface area (Å²) in [5, 5.41) is 0. The number of imidazole rings is 1. The van der Waals surface area contributed by atoms with Gasteiger partial charge in [-0.15, -0.1) is 0 Å². The molecule has 50 valence electrons. The summed E-state index contributed by atoms with van der Waals surface area (Å²) in [5.41, 5.74) is 5.38. The van der Waals surface area contributed by atoms with Crippen molar-refractivity contribution in [3.8, 4) is 5.88 Å². The SMILES string of the molecule is CCOc1nc[nH]c1N. The molecule has 3 N–H and O–H groups in total. The zero-order valence-corrected chi connectivity index (χ0v) is 5.22. The van der Waals surface area contributed by atoms with Crippen LogP contribution >= 0.6 is 0 Å². The van der Waals surface area contributed by atoms with Gasteiger partial charge in [-0.3, -0.25) is 0 Å². The predicted octanol–water partition coefficient (Wildman–Crippen LogP) is 0.391. The molecule has 4 nitrogen and oxygen atoms in total. The Morgan fingerprint density at radius 1 is 1.89 bits per heavy atom. The molecule has 0 radical (unpaired) electrons. The minimum Gasteiger partial charge on any atom is -0.475 e. The molecule has 0 aliphatic carbocycles. The highest BCUT2D eigenvalue weighted by Crippen LogP contribution is 2.12. The van der Waals surface area contributed by atoms with Crippen LogP contribution in [0.15, 0.2) is 6.33 Å². The van der Waals surface area contributed by atoms with E-state index in [1.807, 2.05) is 6.92 Å². The van der Waals surface area contributed by atoms with Gasteiger partial charge >= 0.3 is 0 Å². The second-order valence-corrected chi connectivity index (χ2v) is 1.55. The van der Waals surface area contributed by atoms with E-state index in [1.165, 1.54) is 6.33 Å². The number of ether oxygens (including phenoxy) is 1. The summed E-state index contributed by atoms with van der Waals surface area (Å²) in [4.78, 5) is 6.50. The summed E-state index contributed by atoms with van der Waals surface area (Å²) in [6, 6.07) is 0. The summed E-state index contributed by atoms with van der Waals surface area (Å²) in [6.45, 7) is 2.48. The van der Waals surface area contributed by atoms with Gasteiger partial charge in [0.1, 0.15) is 0 Å². The van der Waals surface area contributed by atoms with E-state index in [1.54, 1.807) is 0 Å². The highest BCUT2D eigenvalue weighted by molar-refractivity contribution is 5.39. The Morgan fingerprint density at radius 2 is 2.67 bits per heavy atom. The van der Waals surface area contributed by atoms with Gasteiger partial charge in [0.25, 0.3) is 5.88 Å². The molecular weight excluding hydrogens is 118 g/mol. The van der Waals surface area contributed by atoms with Crippen LogP contribution in [0.1, 0.15) is 6.92 Å². The van der Waals surface area contributed by atoms with Crippen molar-refractivity contribution < 1.29 is 4.74 Å². The topological polar surface area (TPSA) is 63.9 Å². The number of hydrogen-bond acceptors (Lipinski definition) is 3. The molecule has 1 aromatic heterocycles. The number of rotatable bonds is 2. The summed E-state index contributed by atoms with van der Waals surface area (Å²) in [5.74, 6) is 0.967. The van der Waals surface area contributed by atoms with E-state index in [-0.39, 0.29) is 0 Å². The van der Waals surface area contributed by atoms with E-state index in [0.717, 1.165) is 0 Å². The molecule has 0 aromatic carbocycles. The van der Waals surface area contributed by atoms with Crippen LogP contribution in [-0.4, -0.2) is 16.6 Å². The molecule has 0 amide bonds. The Hall–Kier alpha value is -1.19. The molecule has 0 aliphatic rings. The van der Waals surface area contributed by atoms with Gasteiger partial charge in [-0.05, 0) is 6.92 Å². The first-order chi connectivity index (χ1) is 4.34. The zero-order chi connectivity index (χ0) is 6.69. The van der Waals surface area contributed by atoms with E-state index in [0.29, 0.717) is 18.3 Å². The van der Waals surface area contributed by atoms with Crippen LogP contribution in [-0.2, 0) is 0 Å². The Labute approximate surface area is 53.0 Å². The number of anilines is 1. The molecule has 1 rings (SSSR count). The summed E-state index contributed by atoms with van der Waals surface area (Å²) >= 11 is 0. The van der Waals surface area contributed by atoms with Gasteiger partial charge in [0.2, 0.25) is 0 Å². The first-order valence-electron chi connectivity index (χ1n) is 2.76. The first kappa shape index (κ1) is 5.94. The van der Waals surface area contributed by atoms with Gasteiger partial charge in [0, 0.05) is 0 Å². The van der Waals surface area contributed by atoms with E-state index in [4.69, 9.17) is 10.5 Å². The third-order valence-electron chi connectivity index (χ3n) is 0.913. The fraction of sp³-hybridized carbons (Fsp3) is 0.400. The quantitative estimate of drug-likeness (QED) is 0.604. The Morgan fingerprint density at radius 3 is 3.11 bits per heavy atom. The van der Waals surface area contributed by atoms with Crippen LogP contribution in [0.5, 0.6) is 5.88 Å². The molecule has 9 heavy (non-hydrogen) atoms. The molecule has 0 saturated carbocycles. The lowest BCUT2D eigenvalue weighted by molar-refractivity contribution is 0.330. The standard InChI is InChI=1S/C5H9N3O/c1-2-9-5-4(6)7-3-8-5/h3H,2,6H2,1H3,(H,7,8). The van der Waals surface area contributed by atoms with E-state index < -0.39 is 0 Å². The van der Waals surface area contributed by atoms with Crippen molar-refractivity contribution in [3.05, 3.63) is 6.33 Å². The largest absolute Gasteiger partial charge is 0.475 e. The Kier molecular flexibility index (Phi) is 1.58. The van der Waals surface area contributed by atoms with Crippen molar-refractivity contribution in [3.63, 3.8) is 0 Å². The third kappa shape index (κ3) is 1.13. The molecule has 0 saturated heterocycles. The van der Waals surface area contributed by atoms with E-state index >= 15 is 0 Å². The average Bonchev–Trinajstić information content (AvgIpc) is 2.18. The number of aromatic nitrogens is 2. The number of nitrogens with zero attached hydrogens (tertiary/aromatic N) is 1. The van der Waals surface area contributed by atoms with Crippen LogP contribution in [0.4, 0.5) is 5.82 Å². The lowest BCUT2D eigenvalue weighted by Gasteiger charge is -1.96. The van der Waals surface area contributed by atoms with Crippen molar-refractivity contribution in [1.29, 1.82) is 0 Å². The van der Waals surface area contributed by atoms with Crippen molar-refractivity contribution in [2.75, 3.05) is 12.3 Å². The van der Waals surface area contributed by atoms with Crippen molar-refractivity contribution in [2.24, 2.45) is 0 Å². The number of nitrogen functional groups attached to an aromatic ring is 1. The number of H-pyrrole nitrogens is 1. The second-order valence-electron chi connectivity index (χ2n) is 1.55. The van der Waals surface area contributed by atoms with Crippen LogP contribution in [0.2, 0.25) is 0 Å². The highest BCUT2D eigenvalue weighted by Gasteiger charge is 1.98. The fourth-order valence-electron chi connectivity index (χ4n) is 0.543. The molecule has 1 aromatic rings. The molecule has 0 spiro atoms. The average molecular weight is 127 g/mol. The minimum atomic E-state index is 0.483. The monoisotopic (exact) mass is 127 g/mol. The van der Waals surface area contributed by atoms with Crippen molar-refractivity contribution >= 4 is 5.82 Å². The minimum absolute atomic E-state index is 0.483. The van der Waals surface area contributed by atoms with Crippen LogP contribution in [0, 0.1) is 0 Å². The van der Waals surface area contributed by atoms with Crippen LogP contribution < -0.4 is 10.5 Å². The molecular formula is C5H9N3O. The Bertz CT molecular complexity index is 184. The van der Waals surface area contributed by atoms with Gasteiger partial charge in [-0.25, -0.2) is 4.98 Å². The third-order valence-corrected chi connectivity index (χ3v) is 0.913. The Balaban J connectivity index is 2.69. The maximum atomic E-state index is 5.38. The molecule has 0 bridgehead atoms. The molecule has 4 heteroatoms. The lowest BCUT2D eigenvalue weighted by atomic mass is 10.7. The molecule has 0 atom stereocenters. The predicted molar refractivity (Wildman–Crippen MR) is 34.2 cm³/mol. The number of nitrogens with one attached hydrogen (secondary N) is 1. The lowest BCUT2D eigenvalue weighted by Crippen LogP contribution is -1.95. The van der Waals surface area contributed by atoms with Crippen LogP contribution in [0.25, 0.3) is 0 Å². The van der Waals surface area contributed by atoms with Crippen molar-refractivity contribution in [2.45, 2.75) is 6.92 Å². The van der Waals surface area contributed by atoms with E-state index in [2.05, 4.69) is 9.97 Å². The van der Waals surface area contributed by atoms with Crippen molar-refractivity contribution in [1.82, 2.24) is 9.97 Å². The van der Waals surface area contributed by atoms with Gasteiger partial charge in [0.15, 0.2) is 5.82 Å². The first-order valence-corrected chi connectivity index (χ1v) is 2.76. The van der Waals surface area contributed by atoms with Gasteiger partial charge in [-0.2, -0.15) is 0 Å². The maximum absolute atomic E-state index is 5.38. The van der Waals surface area contributed by atoms with Gasteiger partial charge < -0.3 is 15.5 Å². The summed E-state index contributed by atoms with van der Waals surface area (Å²) < 4.78 is 5.01. The number of hydrogen-bond donors (Lipinski definition) is 2. The molecule has 0 aliphatic heterocycles. The maximum Gasteiger partial charge on any atom is 0.256 e. The van der Waals surface area contributed by atoms with E-state index in [9.17, 15) is 0 Å². The second kappa shape index (κ2) is 2.39.